The standard InChI is InChI=1S/C77H70BN3O3/c1-8-10-21-50-31-35-53(36-32-50)79(54-37-33-51(34-38-54)22-11-9-2)55-44-60-58-39-40-59-57-26-16-18-28-68(57)84-75(59)74(58)81(64-27-17-15-25-56(64)52-23-13-12-14-24-52)78-63-47-71-72(83-70-30-20-19-29-69(70)82-71)48-66(63)80(67(45-55)73(60)78)65-46-62-61(43-49(65)3)76(4,5)41-42-77(62,6)7/h12-20,23-40,43-48H,8-11,21-22,41-42H2,1-7H3. The molecule has 0 saturated heterocycles. The molecule has 11 aromatic rings. The van der Waals surface area contributed by atoms with Crippen LogP contribution < -0.4 is 35.0 Å². The number of unbranched alkanes of at least 4 members (excludes halogenated alkanes) is 2. The summed E-state index contributed by atoms with van der Waals surface area (Å²) in [6.45, 7) is 16.2. The van der Waals surface area contributed by atoms with Gasteiger partial charge in [0, 0.05) is 67.8 Å². The van der Waals surface area contributed by atoms with E-state index in [1.54, 1.807) is 0 Å². The molecule has 0 saturated carbocycles. The third kappa shape index (κ3) is 8.44. The Labute approximate surface area is 495 Å². The minimum Gasteiger partial charge on any atom is -0.454 e. The van der Waals surface area contributed by atoms with E-state index < -0.39 is 6.85 Å². The number of aryl methyl sites for hydroxylation is 3. The molecule has 4 heterocycles. The lowest BCUT2D eigenvalue weighted by atomic mass is 9.43. The molecular formula is C77H70BN3O3. The maximum Gasteiger partial charge on any atom is 0.333 e. The van der Waals surface area contributed by atoms with Crippen LogP contribution in [-0.4, -0.2) is 6.85 Å². The second kappa shape index (κ2) is 20.2. The molecule has 0 radical (unpaired) electrons. The van der Waals surface area contributed by atoms with Crippen molar-refractivity contribution in [1.82, 2.24) is 0 Å². The lowest BCUT2D eigenvalue weighted by Crippen LogP contribution is -2.61. The molecule has 0 bridgehead atoms. The normalized spacial score (nSPS) is 14.9. The highest BCUT2D eigenvalue weighted by molar-refractivity contribution is 6.94. The number of anilines is 8. The molecule has 84 heavy (non-hydrogen) atoms. The van der Waals surface area contributed by atoms with Crippen LogP contribution in [0.15, 0.2) is 205 Å². The van der Waals surface area contributed by atoms with Crippen LogP contribution in [0.1, 0.15) is 108 Å². The van der Waals surface area contributed by atoms with Gasteiger partial charge in [0.05, 0.1) is 5.69 Å². The summed E-state index contributed by atoms with van der Waals surface area (Å²) in [6.07, 6.45) is 8.96. The fourth-order valence-electron chi connectivity index (χ4n) is 14.2. The number of furan rings is 1. The van der Waals surface area contributed by atoms with Crippen LogP contribution in [0, 0.1) is 6.92 Å². The van der Waals surface area contributed by atoms with Gasteiger partial charge in [0.25, 0.3) is 0 Å². The maximum absolute atomic E-state index is 7.30. The summed E-state index contributed by atoms with van der Waals surface area (Å²) in [7, 11) is 0. The van der Waals surface area contributed by atoms with Crippen LogP contribution in [0.3, 0.4) is 0 Å². The van der Waals surface area contributed by atoms with Crippen LogP contribution in [0.5, 0.6) is 23.0 Å². The molecule has 15 rings (SSSR count). The third-order valence-corrected chi connectivity index (χ3v) is 18.8. The van der Waals surface area contributed by atoms with E-state index in [-0.39, 0.29) is 10.8 Å². The van der Waals surface area contributed by atoms with Gasteiger partial charge in [-0.25, -0.2) is 0 Å². The van der Waals surface area contributed by atoms with E-state index in [1.165, 1.54) is 33.3 Å². The minimum atomic E-state index is -0.394. The Hall–Kier alpha value is -8.94. The molecular weight excluding hydrogens is 1030 g/mol. The SMILES string of the molecule is CCCCc1ccc(N(c2ccc(CCCC)cc2)c2cc3c4c(c2)N(c2cc5c(cc2C)C(C)(C)CCC5(C)C)c2cc5c(cc2B4N(c2ccccc2-c2ccccc2)c2c-3ccc3c2oc2ccccc23)Oc2ccccc2O5)cc1. The Morgan fingerprint density at radius 1 is 0.488 bits per heavy atom. The highest BCUT2D eigenvalue weighted by atomic mass is 16.6. The van der Waals surface area contributed by atoms with E-state index in [0.29, 0.717) is 23.0 Å². The van der Waals surface area contributed by atoms with Crippen LogP contribution in [0.4, 0.5) is 45.5 Å². The number of para-hydroxylation sites is 4. The molecule has 1 aliphatic carbocycles. The first kappa shape index (κ1) is 51.9. The average molecular weight is 1100 g/mol. The average Bonchev–Trinajstić information content (AvgIpc) is 0.979. The summed E-state index contributed by atoms with van der Waals surface area (Å²) in [5, 5.41) is 2.16. The van der Waals surface area contributed by atoms with Crippen molar-refractivity contribution in [2.75, 3.05) is 14.6 Å². The van der Waals surface area contributed by atoms with Crippen molar-refractivity contribution in [3.63, 3.8) is 0 Å². The molecule has 0 amide bonds. The number of nitrogens with zero attached hydrogens (tertiary/aromatic N) is 3. The molecule has 0 N–H and O–H groups in total. The Kier molecular flexibility index (Phi) is 12.5. The number of fused-ring (bicyclic) bond motifs is 11. The number of ether oxygens (including phenoxy) is 2. The van der Waals surface area contributed by atoms with Crippen molar-refractivity contribution < 1.29 is 13.9 Å². The smallest absolute Gasteiger partial charge is 0.333 e. The predicted octanol–water partition coefficient (Wildman–Crippen LogP) is 20.7. The first-order chi connectivity index (χ1) is 41.0. The van der Waals surface area contributed by atoms with Crippen molar-refractivity contribution in [1.29, 1.82) is 0 Å². The van der Waals surface area contributed by atoms with Crippen LogP contribution in [0.2, 0.25) is 0 Å². The van der Waals surface area contributed by atoms with Crippen molar-refractivity contribution in [3.8, 4) is 45.3 Å². The quantitative estimate of drug-likeness (QED) is 0.114. The lowest BCUT2D eigenvalue weighted by Gasteiger charge is -2.48. The number of benzene rings is 10. The van der Waals surface area contributed by atoms with Gasteiger partial charge in [0.2, 0.25) is 0 Å². The fraction of sp³-hybridized carbons (Fsp3) is 0.221. The third-order valence-electron chi connectivity index (χ3n) is 18.8. The molecule has 0 spiro atoms. The van der Waals surface area contributed by atoms with E-state index in [9.17, 15) is 0 Å². The molecule has 1 aromatic heterocycles. The Morgan fingerprint density at radius 2 is 1.10 bits per heavy atom. The van der Waals surface area contributed by atoms with Crippen LogP contribution in [-0.2, 0) is 23.7 Å². The summed E-state index contributed by atoms with van der Waals surface area (Å²) < 4.78 is 21.3. The zero-order valence-electron chi connectivity index (χ0n) is 49.4. The molecule has 6 nitrogen and oxygen atoms in total. The van der Waals surface area contributed by atoms with Gasteiger partial charge in [-0.3, -0.25) is 0 Å². The van der Waals surface area contributed by atoms with E-state index >= 15 is 0 Å². The first-order valence-electron chi connectivity index (χ1n) is 30.6. The summed E-state index contributed by atoms with van der Waals surface area (Å²) in [5.41, 5.74) is 23.9. The number of hydrogen-bond acceptors (Lipinski definition) is 6. The molecule has 4 aliphatic rings. The molecule has 10 aromatic carbocycles. The van der Waals surface area contributed by atoms with Crippen LogP contribution in [0.25, 0.3) is 44.2 Å². The molecule has 7 heteroatoms. The van der Waals surface area contributed by atoms with Gasteiger partial charge >= 0.3 is 6.85 Å². The fourth-order valence-corrected chi connectivity index (χ4v) is 14.2. The van der Waals surface area contributed by atoms with E-state index in [2.05, 4.69) is 239 Å². The topological polar surface area (TPSA) is 41.3 Å². The Balaban J connectivity index is 1.09. The molecule has 0 atom stereocenters. The predicted molar refractivity (Wildman–Crippen MR) is 351 cm³/mol. The van der Waals surface area contributed by atoms with Gasteiger partial charge in [-0.2, -0.15) is 0 Å². The monoisotopic (exact) mass is 1100 g/mol. The zero-order chi connectivity index (χ0) is 57.0. The molecule has 3 aliphatic heterocycles. The van der Waals surface area contributed by atoms with Gasteiger partial charge in [-0.15, -0.1) is 0 Å². The summed E-state index contributed by atoms with van der Waals surface area (Å²) in [6, 6.07) is 74.3. The molecule has 414 valence electrons. The first-order valence-corrected chi connectivity index (χ1v) is 30.6. The minimum absolute atomic E-state index is 0.0206. The van der Waals surface area contributed by atoms with Crippen LogP contribution >= 0.6 is 0 Å². The second-order valence-corrected chi connectivity index (χ2v) is 25.2. The summed E-state index contributed by atoms with van der Waals surface area (Å²) in [4.78, 5) is 7.70. The van der Waals surface area contributed by atoms with Gasteiger partial charge in [-0.05, 0) is 185 Å². The van der Waals surface area contributed by atoms with Crippen molar-refractivity contribution in [2.45, 2.75) is 111 Å². The van der Waals surface area contributed by atoms with Gasteiger partial charge in [0.1, 0.15) is 5.58 Å². The van der Waals surface area contributed by atoms with Crippen molar-refractivity contribution in [3.05, 3.63) is 228 Å². The van der Waals surface area contributed by atoms with Gasteiger partial charge in [-0.1, -0.05) is 170 Å². The lowest BCUT2D eigenvalue weighted by molar-refractivity contribution is 0.332. The largest absolute Gasteiger partial charge is 0.454 e. The second-order valence-electron chi connectivity index (χ2n) is 25.2. The van der Waals surface area contributed by atoms with E-state index in [4.69, 9.17) is 13.9 Å². The van der Waals surface area contributed by atoms with Crippen molar-refractivity contribution in [2.24, 2.45) is 0 Å². The zero-order valence-corrected chi connectivity index (χ0v) is 49.4. The molecule has 0 unspecified atom stereocenters. The summed E-state index contributed by atoms with van der Waals surface area (Å²) >= 11 is 0. The highest BCUT2D eigenvalue weighted by Crippen LogP contribution is 2.57. The van der Waals surface area contributed by atoms with E-state index in [0.717, 1.165) is 147 Å². The number of hydrogen-bond donors (Lipinski definition) is 0. The highest BCUT2D eigenvalue weighted by Gasteiger charge is 2.49. The van der Waals surface area contributed by atoms with E-state index in [1.807, 2.05) is 24.3 Å². The van der Waals surface area contributed by atoms with Crippen molar-refractivity contribution >= 4 is 85.2 Å². The van der Waals surface area contributed by atoms with Gasteiger partial charge in [0.15, 0.2) is 28.6 Å². The number of rotatable bonds is 12. The summed E-state index contributed by atoms with van der Waals surface area (Å²) in [5.74, 6) is 2.74. The maximum atomic E-state index is 7.30. The molecule has 0 fully saturated rings. The van der Waals surface area contributed by atoms with Gasteiger partial charge < -0.3 is 28.5 Å². The Morgan fingerprint density at radius 3 is 1.77 bits per heavy atom. The Bertz CT molecular complexity index is 4340.